The Morgan fingerprint density at radius 3 is 2.94 bits per heavy atom. The highest BCUT2D eigenvalue weighted by Crippen LogP contribution is 2.14. The maximum absolute atomic E-state index is 11.3. The molecule has 0 spiro atoms. The molecule has 4 heteroatoms. The number of fused-ring (bicyclic) bond motifs is 1. The van der Waals surface area contributed by atoms with Crippen LogP contribution in [0.3, 0.4) is 0 Å². The second-order valence-corrected chi connectivity index (χ2v) is 4.28. The van der Waals surface area contributed by atoms with E-state index in [2.05, 4.69) is 28.5 Å². The van der Waals surface area contributed by atoms with Crippen LogP contribution in [0, 0.1) is 0 Å². The predicted octanol–water partition coefficient (Wildman–Crippen LogP) is 1.98. The molecule has 2 aromatic rings. The van der Waals surface area contributed by atoms with Crippen molar-refractivity contribution in [3.05, 3.63) is 36.0 Å². The van der Waals surface area contributed by atoms with Crippen LogP contribution >= 0.6 is 0 Å². The van der Waals surface area contributed by atoms with Crippen LogP contribution in [0.4, 0.5) is 4.79 Å². The van der Waals surface area contributed by atoms with E-state index in [1.807, 2.05) is 12.3 Å². The van der Waals surface area contributed by atoms with Gasteiger partial charge in [0.05, 0.1) is 0 Å². The largest absolute Gasteiger partial charge is 0.361 e. The number of nitrogens with one attached hydrogen (secondary N) is 2. The molecular formula is C13H17N3O. The smallest absolute Gasteiger partial charge is 0.316 e. The van der Waals surface area contributed by atoms with Crippen LogP contribution in [0.25, 0.3) is 10.9 Å². The monoisotopic (exact) mass is 231 g/mol. The second kappa shape index (κ2) is 4.91. The molecule has 1 heterocycles. The normalized spacial score (nSPS) is 10.5. The molecule has 0 radical (unpaired) electrons. The number of carbonyl (C=O) groups excluding carboxylic acids is 1. The molecule has 90 valence electrons. The lowest BCUT2D eigenvalue weighted by Crippen LogP contribution is -2.35. The van der Waals surface area contributed by atoms with Crippen LogP contribution in [0.5, 0.6) is 0 Å². The third-order valence-corrected chi connectivity index (χ3v) is 2.72. The summed E-state index contributed by atoms with van der Waals surface area (Å²) in [4.78, 5) is 16.0. The Morgan fingerprint density at radius 1 is 1.35 bits per heavy atom. The van der Waals surface area contributed by atoms with Crippen molar-refractivity contribution >= 4 is 16.9 Å². The molecule has 2 amide bonds. The molecule has 0 saturated carbocycles. The van der Waals surface area contributed by atoms with Crippen LogP contribution in [0.15, 0.2) is 30.5 Å². The van der Waals surface area contributed by atoms with Crippen LogP contribution in [0.1, 0.15) is 5.56 Å². The maximum atomic E-state index is 11.3. The Bertz CT molecular complexity index is 516. The number of carbonyl (C=O) groups is 1. The van der Waals surface area contributed by atoms with E-state index in [1.54, 1.807) is 14.1 Å². The highest BCUT2D eigenvalue weighted by molar-refractivity contribution is 5.79. The molecule has 0 saturated heterocycles. The number of nitrogens with zero attached hydrogens (tertiary/aromatic N) is 1. The van der Waals surface area contributed by atoms with Crippen molar-refractivity contribution in [2.75, 3.05) is 20.6 Å². The number of hydrogen-bond acceptors (Lipinski definition) is 1. The zero-order valence-corrected chi connectivity index (χ0v) is 10.2. The van der Waals surface area contributed by atoms with E-state index < -0.39 is 0 Å². The summed E-state index contributed by atoms with van der Waals surface area (Å²) in [6, 6.07) is 8.31. The van der Waals surface area contributed by atoms with Crippen molar-refractivity contribution in [1.29, 1.82) is 0 Å². The number of amides is 2. The molecule has 0 fully saturated rings. The lowest BCUT2D eigenvalue weighted by Gasteiger charge is -2.11. The number of rotatable bonds is 3. The highest BCUT2D eigenvalue weighted by atomic mass is 16.2. The van der Waals surface area contributed by atoms with Crippen LogP contribution in [-0.4, -0.2) is 36.6 Å². The van der Waals surface area contributed by atoms with E-state index in [-0.39, 0.29) is 6.03 Å². The van der Waals surface area contributed by atoms with E-state index in [9.17, 15) is 4.79 Å². The second-order valence-electron chi connectivity index (χ2n) is 4.28. The maximum Gasteiger partial charge on any atom is 0.316 e. The Balaban J connectivity index is 1.92. The first kappa shape index (κ1) is 11.5. The average molecular weight is 231 g/mol. The number of hydrogen-bond donors (Lipinski definition) is 2. The van der Waals surface area contributed by atoms with Gasteiger partial charge in [0.2, 0.25) is 0 Å². The van der Waals surface area contributed by atoms with Crippen molar-refractivity contribution in [2.24, 2.45) is 0 Å². The zero-order chi connectivity index (χ0) is 12.3. The fourth-order valence-corrected chi connectivity index (χ4v) is 1.72. The Morgan fingerprint density at radius 2 is 2.18 bits per heavy atom. The molecule has 2 N–H and O–H groups in total. The molecule has 2 rings (SSSR count). The third kappa shape index (κ3) is 2.78. The topological polar surface area (TPSA) is 48.1 Å². The molecular weight excluding hydrogens is 214 g/mol. The van der Waals surface area contributed by atoms with Gasteiger partial charge in [0.1, 0.15) is 0 Å². The molecule has 1 aromatic carbocycles. The molecule has 0 aliphatic carbocycles. The van der Waals surface area contributed by atoms with Crippen LogP contribution in [-0.2, 0) is 6.42 Å². The van der Waals surface area contributed by atoms with Crippen molar-refractivity contribution in [2.45, 2.75) is 6.42 Å². The summed E-state index contributed by atoms with van der Waals surface area (Å²) in [5, 5.41) is 4.06. The van der Waals surface area contributed by atoms with Crippen molar-refractivity contribution in [1.82, 2.24) is 15.2 Å². The summed E-state index contributed by atoms with van der Waals surface area (Å²) in [6.45, 7) is 0.656. The summed E-state index contributed by atoms with van der Waals surface area (Å²) in [5.74, 6) is 0. The predicted molar refractivity (Wildman–Crippen MR) is 69.1 cm³/mol. The average Bonchev–Trinajstić information content (AvgIpc) is 2.75. The minimum Gasteiger partial charge on any atom is -0.361 e. The van der Waals surface area contributed by atoms with Gasteiger partial charge < -0.3 is 15.2 Å². The Hall–Kier alpha value is -1.97. The summed E-state index contributed by atoms with van der Waals surface area (Å²) < 4.78 is 0. The minimum atomic E-state index is -0.0500. The lowest BCUT2D eigenvalue weighted by molar-refractivity contribution is 0.217. The van der Waals surface area contributed by atoms with Gasteiger partial charge in [0, 0.05) is 32.4 Å². The van der Waals surface area contributed by atoms with Gasteiger partial charge in [-0.1, -0.05) is 12.1 Å². The van der Waals surface area contributed by atoms with Gasteiger partial charge >= 0.3 is 6.03 Å². The molecule has 1 aromatic heterocycles. The van der Waals surface area contributed by atoms with Gasteiger partial charge in [-0.2, -0.15) is 0 Å². The van der Waals surface area contributed by atoms with E-state index in [0.29, 0.717) is 6.54 Å². The Kier molecular flexibility index (Phi) is 3.32. The SMILES string of the molecule is CN(C)C(=O)NCCc1ccc2cc[nH]c2c1. The number of aromatic amines is 1. The molecule has 0 atom stereocenters. The van der Waals surface area contributed by atoms with E-state index >= 15 is 0 Å². The first-order valence-electron chi connectivity index (χ1n) is 5.68. The number of benzene rings is 1. The molecule has 0 unspecified atom stereocenters. The van der Waals surface area contributed by atoms with Gasteiger partial charge in [0.25, 0.3) is 0 Å². The molecule has 17 heavy (non-hydrogen) atoms. The third-order valence-electron chi connectivity index (χ3n) is 2.72. The fourth-order valence-electron chi connectivity index (χ4n) is 1.72. The summed E-state index contributed by atoms with van der Waals surface area (Å²) in [5.41, 5.74) is 2.36. The Labute approximate surface area is 101 Å². The van der Waals surface area contributed by atoms with Gasteiger partial charge in [-0.05, 0) is 29.5 Å². The van der Waals surface area contributed by atoms with E-state index in [1.165, 1.54) is 15.8 Å². The van der Waals surface area contributed by atoms with Gasteiger partial charge in [0.15, 0.2) is 0 Å². The molecule has 0 bridgehead atoms. The standard InChI is InChI=1S/C13H17N3O/c1-16(2)13(17)15-7-5-10-3-4-11-6-8-14-12(11)9-10/h3-4,6,8-9,14H,5,7H2,1-2H3,(H,15,17). The first-order valence-corrected chi connectivity index (χ1v) is 5.68. The summed E-state index contributed by atoms with van der Waals surface area (Å²) in [7, 11) is 3.47. The molecule has 4 nitrogen and oxygen atoms in total. The first-order chi connectivity index (χ1) is 8.16. The summed E-state index contributed by atoms with van der Waals surface area (Å²) >= 11 is 0. The number of urea groups is 1. The lowest BCUT2D eigenvalue weighted by atomic mass is 10.1. The van der Waals surface area contributed by atoms with Crippen LogP contribution < -0.4 is 5.32 Å². The fraction of sp³-hybridized carbons (Fsp3) is 0.308. The van der Waals surface area contributed by atoms with Gasteiger partial charge in [-0.25, -0.2) is 4.79 Å². The van der Waals surface area contributed by atoms with Crippen LogP contribution in [0.2, 0.25) is 0 Å². The number of H-pyrrole nitrogens is 1. The van der Waals surface area contributed by atoms with E-state index in [4.69, 9.17) is 0 Å². The minimum absolute atomic E-state index is 0.0500. The zero-order valence-electron chi connectivity index (χ0n) is 10.2. The van der Waals surface area contributed by atoms with Gasteiger partial charge in [-0.3, -0.25) is 0 Å². The molecule has 0 aliphatic rings. The van der Waals surface area contributed by atoms with Crippen molar-refractivity contribution in [3.63, 3.8) is 0 Å². The van der Waals surface area contributed by atoms with Crippen molar-refractivity contribution in [3.8, 4) is 0 Å². The quantitative estimate of drug-likeness (QED) is 0.833. The van der Waals surface area contributed by atoms with E-state index in [0.717, 1.165) is 11.9 Å². The van der Waals surface area contributed by atoms with Crippen molar-refractivity contribution < 1.29 is 4.79 Å². The highest BCUT2D eigenvalue weighted by Gasteiger charge is 2.02. The molecule has 0 aliphatic heterocycles. The number of aromatic nitrogens is 1. The summed E-state index contributed by atoms with van der Waals surface area (Å²) in [6.07, 6.45) is 2.77. The van der Waals surface area contributed by atoms with Gasteiger partial charge in [-0.15, -0.1) is 0 Å².